The molecule has 1 aliphatic carbocycles. The number of nitrogens with zero attached hydrogens (tertiary/aromatic N) is 1. The number of para-hydroxylation sites is 1. The zero-order valence-corrected chi connectivity index (χ0v) is 12.5. The third kappa shape index (κ3) is 3.41. The quantitative estimate of drug-likeness (QED) is 0.818. The lowest BCUT2D eigenvalue weighted by Gasteiger charge is -2.21. The number of rotatable bonds is 3. The molecule has 96 valence electrons. The number of aromatic nitrogens is 1. The van der Waals surface area contributed by atoms with E-state index in [0.29, 0.717) is 6.04 Å². The molecule has 1 aliphatic rings. The maximum atomic E-state index is 4.62. The summed E-state index contributed by atoms with van der Waals surface area (Å²) in [4.78, 5) is 4.62. The molecule has 18 heavy (non-hydrogen) atoms. The fourth-order valence-electron chi connectivity index (χ4n) is 2.25. The van der Waals surface area contributed by atoms with Gasteiger partial charge in [0.1, 0.15) is 0 Å². The van der Waals surface area contributed by atoms with Gasteiger partial charge in [0, 0.05) is 19.5 Å². The van der Waals surface area contributed by atoms with Crippen molar-refractivity contribution in [2.75, 3.05) is 0 Å². The van der Waals surface area contributed by atoms with E-state index in [0.717, 1.165) is 9.86 Å². The first-order valence-electron chi connectivity index (χ1n) is 6.20. The van der Waals surface area contributed by atoms with Crippen LogP contribution in [0.3, 0.4) is 0 Å². The Labute approximate surface area is 123 Å². The third-order valence-corrected chi connectivity index (χ3v) is 5.24. The van der Waals surface area contributed by atoms with Crippen LogP contribution in [-0.2, 0) is 0 Å². The minimum Gasteiger partial charge on any atom is -0.255 e. The maximum Gasteiger partial charge on any atom is 0.166 e. The molecule has 1 heterocycles. The van der Waals surface area contributed by atoms with Crippen molar-refractivity contribution in [1.29, 1.82) is 0 Å². The summed E-state index contributed by atoms with van der Waals surface area (Å²) in [5, 5.41) is 0. The molecular formula is C13H16N2S3. The van der Waals surface area contributed by atoms with Gasteiger partial charge in [-0.1, -0.05) is 31.4 Å². The topological polar surface area (TPSA) is 24.9 Å². The molecule has 1 saturated carbocycles. The summed E-state index contributed by atoms with van der Waals surface area (Å²) in [5.41, 5.74) is 1.12. The van der Waals surface area contributed by atoms with Crippen LogP contribution in [0.1, 0.15) is 32.1 Å². The molecule has 1 N–H and O–H groups in total. The van der Waals surface area contributed by atoms with Gasteiger partial charge in [-0.05, 0) is 36.9 Å². The number of hydrogen-bond donors (Lipinski definition) is 1. The van der Waals surface area contributed by atoms with E-state index in [1.54, 1.807) is 23.3 Å². The molecule has 2 radical (unpaired) electrons. The van der Waals surface area contributed by atoms with Crippen LogP contribution < -0.4 is 4.72 Å². The molecule has 0 unspecified atom stereocenters. The second-order valence-corrected chi connectivity index (χ2v) is 6.62. The van der Waals surface area contributed by atoms with E-state index in [1.807, 2.05) is 6.07 Å². The van der Waals surface area contributed by atoms with Crippen LogP contribution in [0.2, 0.25) is 0 Å². The molecule has 5 heteroatoms. The van der Waals surface area contributed by atoms with Crippen LogP contribution in [0.5, 0.6) is 0 Å². The van der Waals surface area contributed by atoms with Crippen molar-refractivity contribution in [2.45, 2.75) is 42.5 Å². The molecule has 0 saturated heterocycles. The Balaban J connectivity index is 0.00000120. The summed E-state index contributed by atoms with van der Waals surface area (Å²) in [7, 11) is 0. The minimum absolute atomic E-state index is 0. The highest BCUT2D eigenvalue weighted by atomic mass is 32.2. The first-order chi connectivity index (χ1) is 8.42. The fourth-order valence-corrected chi connectivity index (χ4v) is 4.17. The van der Waals surface area contributed by atoms with Crippen LogP contribution in [-0.4, -0.2) is 11.0 Å². The number of benzene rings is 1. The van der Waals surface area contributed by atoms with Gasteiger partial charge in [-0.25, -0.2) is 4.98 Å². The Morgan fingerprint density at radius 3 is 2.72 bits per heavy atom. The molecule has 1 fully saturated rings. The van der Waals surface area contributed by atoms with Crippen molar-refractivity contribution >= 4 is 47.0 Å². The molecule has 0 amide bonds. The smallest absolute Gasteiger partial charge is 0.166 e. The summed E-state index contributed by atoms with van der Waals surface area (Å²) in [5.74, 6) is 0. The van der Waals surface area contributed by atoms with Gasteiger partial charge >= 0.3 is 0 Å². The van der Waals surface area contributed by atoms with E-state index in [4.69, 9.17) is 0 Å². The number of fused-ring (bicyclic) bond motifs is 1. The first kappa shape index (κ1) is 14.2. The average Bonchev–Trinajstić information content (AvgIpc) is 2.80. The van der Waals surface area contributed by atoms with Gasteiger partial charge in [0.2, 0.25) is 0 Å². The molecule has 1 aromatic heterocycles. The Bertz CT molecular complexity index is 459. The van der Waals surface area contributed by atoms with E-state index >= 15 is 0 Å². The van der Waals surface area contributed by atoms with Crippen molar-refractivity contribution in [3.63, 3.8) is 0 Å². The van der Waals surface area contributed by atoms with E-state index < -0.39 is 0 Å². The highest BCUT2D eigenvalue weighted by molar-refractivity contribution is 7.99. The van der Waals surface area contributed by atoms with Gasteiger partial charge in [0.05, 0.1) is 10.2 Å². The Hall–Kier alpha value is -0.230. The molecule has 0 aliphatic heterocycles. The van der Waals surface area contributed by atoms with Crippen molar-refractivity contribution in [2.24, 2.45) is 0 Å². The number of hydrogen-bond acceptors (Lipinski definition) is 4. The lowest BCUT2D eigenvalue weighted by molar-refractivity contribution is 0.423. The van der Waals surface area contributed by atoms with Crippen LogP contribution in [0.15, 0.2) is 28.6 Å². The minimum atomic E-state index is 0. The van der Waals surface area contributed by atoms with Gasteiger partial charge in [-0.15, -0.1) is 11.3 Å². The van der Waals surface area contributed by atoms with Gasteiger partial charge in [0.25, 0.3) is 0 Å². The SMILES string of the molecule is [S].c1ccc2sc(SNC3CCCCC3)nc2c1. The summed E-state index contributed by atoms with van der Waals surface area (Å²) in [6.45, 7) is 0. The van der Waals surface area contributed by atoms with E-state index in [1.165, 1.54) is 36.8 Å². The standard InChI is InChI=1S/C13H16N2S2.S/c1-2-6-10(7-3-1)15-17-13-14-11-8-4-5-9-12(11)16-13;/h4-5,8-10,15H,1-3,6-7H2;. The van der Waals surface area contributed by atoms with Gasteiger partial charge < -0.3 is 0 Å². The molecule has 0 bridgehead atoms. The van der Waals surface area contributed by atoms with E-state index in [-0.39, 0.29) is 13.5 Å². The van der Waals surface area contributed by atoms with Crippen molar-refractivity contribution in [1.82, 2.24) is 9.71 Å². The van der Waals surface area contributed by atoms with Gasteiger partial charge in [0.15, 0.2) is 4.34 Å². The number of thiazole rings is 1. The van der Waals surface area contributed by atoms with Crippen molar-refractivity contribution < 1.29 is 0 Å². The normalized spacial score (nSPS) is 16.7. The van der Waals surface area contributed by atoms with Crippen LogP contribution in [0.25, 0.3) is 10.2 Å². The lowest BCUT2D eigenvalue weighted by atomic mass is 9.96. The average molecular weight is 296 g/mol. The van der Waals surface area contributed by atoms with Crippen LogP contribution in [0.4, 0.5) is 0 Å². The second kappa shape index (κ2) is 6.80. The van der Waals surface area contributed by atoms with Crippen LogP contribution >= 0.6 is 36.8 Å². The van der Waals surface area contributed by atoms with E-state index in [2.05, 4.69) is 27.9 Å². The summed E-state index contributed by atoms with van der Waals surface area (Å²) in [6.07, 6.45) is 6.79. The summed E-state index contributed by atoms with van der Waals surface area (Å²) >= 11 is 3.49. The summed E-state index contributed by atoms with van der Waals surface area (Å²) < 4.78 is 5.98. The molecule has 0 atom stereocenters. The Morgan fingerprint density at radius 1 is 1.17 bits per heavy atom. The van der Waals surface area contributed by atoms with Gasteiger partial charge in [-0.2, -0.15) is 0 Å². The fraction of sp³-hybridized carbons (Fsp3) is 0.462. The third-order valence-electron chi connectivity index (χ3n) is 3.19. The first-order valence-corrected chi connectivity index (χ1v) is 7.83. The lowest BCUT2D eigenvalue weighted by Crippen LogP contribution is -2.25. The largest absolute Gasteiger partial charge is 0.255 e. The Morgan fingerprint density at radius 2 is 1.94 bits per heavy atom. The maximum absolute atomic E-state index is 4.62. The van der Waals surface area contributed by atoms with Crippen molar-refractivity contribution in [3.8, 4) is 0 Å². The second-order valence-electron chi connectivity index (χ2n) is 4.50. The molecule has 1 aromatic carbocycles. The van der Waals surface area contributed by atoms with Crippen LogP contribution in [0, 0.1) is 0 Å². The predicted octanol–water partition coefficient (Wildman–Crippen LogP) is 4.87. The molecular weight excluding hydrogens is 280 g/mol. The zero-order chi connectivity index (χ0) is 11.5. The number of nitrogens with one attached hydrogen (secondary N) is 1. The molecule has 2 aromatic rings. The Kier molecular flexibility index (Phi) is 5.36. The molecule has 2 nitrogen and oxygen atoms in total. The molecule has 3 rings (SSSR count). The predicted molar refractivity (Wildman–Crippen MR) is 83.1 cm³/mol. The van der Waals surface area contributed by atoms with Gasteiger partial charge in [-0.3, -0.25) is 4.72 Å². The highest BCUT2D eigenvalue weighted by Gasteiger charge is 2.13. The summed E-state index contributed by atoms with van der Waals surface area (Å²) in [6, 6.07) is 9.02. The van der Waals surface area contributed by atoms with E-state index in [9.17, 15) is 0 Å². The monoisotopic (exact) mass is 296 g/mol. The van der Waals surface area contributed by atoms with Crippen molar-refractivity contribution in [3.05, 3.63) is 24.3 Å². The molecule has 0 spiro atoms. The zero-order valence-electron chi connectivity index (χ0n) is 10.1. The highest BCUT2D eigenvalue weighted by Crippen LogP contribution is 2.29.